The molecule has 204 valence electrons. The number of aromatic nitrogens is 1. The second-order valence-electron chi connectivity index (χ2n) is 10.8. The molecule has 0 radical (unpaired) electrons. The van der Waals surface area contributed by atoms with Crippen LogP contribution < -0.4 is 9.80 Å². The first kappa shape index (κ1) is 27.3. The molecule has 2 aliphatic heterocycles. The molecule has 1 aromatic heterocycles. The average Bonchev–Trinajstić information content (AvgIpc) is 2.98. The Morgan fingerprint density at radius 2 is 1.48 bits per heavy atom. The summed E-state index contributed by atoms with van der Waals surface area (Å²) in [6, 6.07) is 16.3. The van der Waals surface area contributed by atoms with Crippen molar-refractivity contribution in [2.75, 3.05) is 62.2 Å². The Kier molecular flexibility index (Phi) is 8.10. The second kappa shape index (κ2) is 11.9. The molecule has 2 fully saturated rings. The summed E-state index contributed by atoms with van der Waals surface area (Å²) in [5.41, 5.74) is 8.09. The maximum atomic E-state index is 13.7. The molecule has 0 N–H and O–H groups in total. The van der Waals surface area contributed by atoms with Crippen molar-refractivity contribution in [2.45, 2.75) is 27.3 Å². The van der Waals surface area contributed by atoms with Crippen LogP contribution in [0.2, 0.25) is 0 Å². The fourth-order valence-electron chi connectivity index (χ4n) is 5.75. The van der Waals surface area contributed by atoms with Gasteiger partial charge in [0, 0.05) is 75.7 Å². The zero-order chi connectivity index (χ0) is 28.2. The van der Waals surface area contributed by atoms with Crippen LogP contribution in [0.1, 0.15) is 43.9 Å². The molecule has 2 saturated heterocycles. The minimum atomic E-state index is 0.100. The van der Waals surface area contributed by atoms with Gasteiger partial charge in [0.1, 0.15) is 5.82 Å². The van der Waals surface area contributed by atoms with E-state index in [4.69, 9.17) is 12.8 Å². The van der Waals surface area contributed by atoms with Crippen LogP contribution >= 0.6 is 0 Å². The Labute approximate surface area is 238 Å². The number of amides is 1. The van der Waals surface area contributed by atoms with Crippen LogP contribution in [0.15, 0.2) is 48.5 Å². The third-order valence-electron chi connectivity index (χ3n) is 8.12. The zero-order valence-corrected chi connectivity index (χ0v) is 23.8. The summed E-state index contributed by atoms with van der Waals surface area (Å²) in [6.45, 7) is 13.4. The van der Waals surface area contributed by atoms with Crippen LogP contribution in [0.25, 0.3) is 0 Å². The summed E-state index contributed by atoms with van der Waals surface area (Å²) in [4.78, 5) is 27.4. The van der Waals surface area contributed by atoms with E-state index in [2.05, 4.69) is 56.6 Å². The average molecular weight is 532 g/mol. The Hall–Kier alpha value is -4.26. The van der Waals surface area contributed by atoms with E-state index in [-0.39, 0.29) is 5.91 Å². The molecule has 6 nitrogen and oxygen atoms in total. The predicted molar refractivity (Wildman–Crippen MR) is 163 cm³/mol. The van der Waals surface area contributed by atoms with Gasteiger partial charge in [0.25, 0.3) is 5.91 Å². The Bertz CT molecular complexity index is 1480. The van der Waals surface area contributed by atoms with Crippen LogP contribution in [0.4, 0.5) is 11.5 Å². The first-order chi connectivity index (χ1) is 19.4. The Morgan fingerprint density at radius 1 is 0.800 bits per heavy atom. The van der Waals surface area contributed by atoms with Crippen LogP contribution in [0.3, 0.4) is 0 Å². The van der Waals surface area contributed by atoms with Crippen molar-refractivity contribution >= 4 is 17.4 Å². The molecule has 6 heteroatoms. The van der Waals surface area contributed by atoms with E-state index in [1.807, 2.05) is 49.1 Å². The molecule has 2 aromatic carbocycles. The lowest BCUT2D eigenvalue weighted by atomic mass is 9.98. The Morgan fingerprint density at radius 3 is 2.17 bits per heavy atom. The highest BCUT2D eigenvalue weighted by Crippen LogP contribution is 2.25. The highest BCUT2D eigenvalue weighted by Gasteiger charge is 2.26. The molecule has 3 heterocycles. The number of anilines is 2. The summed E-state index contributed by atoms with van der Waals surface area (Å²) in [5, 5.41) is 0. The van der Waals surface area contributed by atoms with Crippen molar-refractivity contribution in [3.8, 4) is 24.7 Å². The molecule has 5 rings (SSSR count). The number of terminal acetylenes is 2. The van der Waals surface area contributed by atoms with Crippen LogP contribution in [-0.2, 0) is 6.54 Å². The van der Waals surface area contributed by atoms with E-state index < -0.39 is 0 Å². The molecule has 3 aromatic rings. The van der Waals surface area contributed by atoms with Crippen LogP contribution in [0.5, 0.6) is 0 Å². The first-order valence-electron chi connectivity index (χ1n) is 14.0. The summed E-state index contributed by atoms with van der Waals surface area (Å²) in [6.07, 6.45) is 11.4. The van der Waals surface area contributed by atoms with E-state index in [0.29, 0.717) is 26.2 Å². The lowest BCUT2D eigenvalue weighted by molar-refractivity contribution is 0.0745. The summed E-state index contributed by atoms with van der Waals surface area (Å²) >= 11 is 0. The maximum absolute atomic E-state index is 13.7. The van der Waals surface area contributed by atoms with E-state index in [0.717, 1.165) is 72.2 Å². The van der Waals surface area contributed by atoms with Crippen LogP contribution in [-0.4, -0.2) is 73.0 Å². The van der Waals surface area contributed by atoms with E-state index in [1.54, 1.807) is 0 Å². The largest absolute Gasteiger partial charge is 0.368 e. The monoisotopic (exact) mass is 531 g/mol. The quantitative estimate of drug-likeness (QED) is 0.461. The minimum Gasteiger partial charge on any atom is -0.368 e. The predicted octanol–water partition coefficient (Wildman–Crippen LogP) is 4.25. The number of hydrogen-bond acceptors (Lipinski definition) is 5. The molecule has 0 bridgehead atoms. The third-order valence-corrected chi connectivity index (χ3v) is 8.12. The minimum absolute atomic E-state index is 0.100. The third kappa shape index (κ3) is 5.69. The number of benzene rings is 2. The molecule has 0 saturated carbocycles. The van der Waals surface area contributed by atoms with E-state index in [9.17, 15) is 4.79 Å². The van der Waals surface area contributed by atoms with Gasteiger partial charge < -0.3 is 14.7 Å². The highest BCUT2D eigenvalue weighted by molar-refractivity contribution is 5.96. The van der Waals surface area contributed by atoms with Crippen molar-refractivity contribution in [2.24, 2.45) is 0 Å². The van der Waals surface area contributed by atoms with Crippen molar-refractivity contribution in [1.82, 2.24) is 14.8 Å². The number of hydrogen-bond donors (Lipinski definition) is 0. The van der Waals surface area contributed by atoms with Gasteiger partial charge in [0.2, 0.25) is 0 Å². The van der Waals surface area contributed by atoms with Gasteiger partial charge in [-0.25, -0.2) is 4.98 Å². The van der Waals surface area contributed by atoms with Gasteiger partial charge in [-0.1, -0.05) is 30.0 Å². The van der Waals surface area contributed by atoms with Crippen molar-refractivity contribution in [1.29, 1.82) is 0 Å². The van der Waals surface area contributed by atoms with Crippen molar-refractivity contribution in [3.63, 3.8) is 0 Å². The number of rotatable bonds is 5. The SMILES string of the molecule is C#Cc1ccccc1N1CCN(Cc2cc(C(=O)N3CCN(c4nc(C)ccc4C#C)CC3)c(C)cc2C)CC1. The van der Waals surface area contributed by atoms with Gasteiger partial charge in [0.15, 0.2) is 0 Å². The molecule has 40 heavy (non-hydrogen) atoms. The number of piperazine rings is 2. The first-order valence-corrected chi connectivity index (χ1v) is 14.0. The topological polar surface area (TPSA) is 42.9 Å². The molecule has 0 spiro atoms. The lowest BCUT2D eigenvalue weighted by Gasteiger charge is -2.37. The fourth-order valence-corrected chi connectivity index (χ4v) is 5.75. The summed E-state index contributed by atoms with van der Waals surface area (Å²) < 4.78 is 0. The highest BCUT2D eigenvalue weighted by atomic mass is 16.2. The van der Waals surface area contributed by atoms with Gasteiger partial charge in [-0.05, 0) is 67.8 Å². The number of carbonyl (C=O) groups is 1. The number of aryl methyl sites for hydroxylation is 3. The number of pyridine rings is 1. The Balaban J connectivity index is 1.23. The van der Waals surface area contributed by atoms with E-state index in [1.165, 1.54) is 11.1 Å². The van der Waals surface area contributed by atoms with Gasteiger partial charge in [0.05, 0.1) is 11.3 Å². The fraction of sp³-hybridized carbons (Fsp3) is 0.353. The summed E-state index contributed by atoms with van der Waals surface area (Å²) in [5.74, 6) is 6.50. The molecule has 0 atom stereocenters. The molecule has 0 aliphatic carbocycles. The molecular weight excluding hydrogens is 494 g/mol. The molecule has 1 amide bonds. The van der Waals surface area contributed by atoms with Gasteiger partial charge >= 0.3 is 0 Å². The van der Waals surface area contributed by atoms with Crippen molar-refractivity contribution < 1.29 is 4.79 Å². The maximum Gasteiger partial charge on any atom is 0.254 e. The van der Waals surface area contributed by atoms with E-state index >= 15 is 0 Å². The molecule has 2 aliphatic rings. The van der Waals surface area contributed by atoms with Gasteiger partial charge in [-0.2, -0.15) is 0 Å². The number of carbonyl (C=O) groups excluding carboxylic acids is 1. The smallest absolute Gasteiger partial charge is 0.254 e. The van der Waals surface area contributed by atoms with Gasteiger partial charge in [-0.3, -0.25) is 9.69 Å². The van der Waals surface area contributed by atoms with Gasteiger partial charge in [-0.15, -0.1) is 12.8 Å². The second-order valence-corrected chi connectivity index (χ2v) is 10.8. The van der Waals surface area contributed by atoms with Crippen molar-refractivity contribution in [3.05, 3.63) is 87.6 Å². The summed E-state index contributed by atoms with van der Waals surface area (Å²) in [7, 11) is 0. The number of para-hydroxylation sites is 1. The van der Waals surface area contributed by atoms with Crippen LogP contribution in [0, 0.1) is 45.5 Å². The number of nitrogens with zero attached hydrogens (tertiary/aromatic N) is 5. The zero-order valence-electron chi connectivity index (χ0n) is 23.8. The lowest BCUT2D eigenvalue weighted by Crippen LogP contribution is -2.49. The molecular formula is C34H37N5O. The standard InChI is InChI=1S/C34H37N5O/c1-6-28-10-8-9-11-32(28)37-16-14-36(15-17-37)24-30-23-31(26(4)22-25(30)3)34(40)39-20-18-38(19-21-39)33-29(7-2)13-12-27(5)35-33/h1-2,8-13,22-23H,14-21,24H2,3-5H3. The molecule has 0 unspecified atom stereocenters. The normalized spacial score (nSPS) is 16.0.